The Morgan fingerprint density at radius 2 is 1.73 bits per heavy atom. The van der Waals surface area contributed by atoms with Crippen LogP contribution in [-0.4, -0.2) is 12.1 Å². The zero-order valence-electron chi connectivity index (χ0n) is 25.0. The summed E-state index contributed by atoms with van der Waals surface area (Å²) in [6.07, 6.45) is 24.5. The molecule has 5 aliphatic carbocycles. The largest absolute Gasteiger partial charge is 0.462 e. The van der Waals surface area contributed by atoms with Gasteiger partial charge in [0.15, 0.2) is 0 Å². The van der Waals surface area contributed by atoms with Gasteiger partial charge in [-0.05, 0) is 110 Å². The molecule has 8 atom stereocenters. The molecule has 5 rings (SSSR count). The van der Waals surface area contributed by atoms with Gasteiger partial charge in [0.1, 0.15) is 6.10 Å². The van der Waals surface area contributed by atoms with Crippen molar-refractivity contribution in [3.63, 3.8) is 0 Å². The summed E-state index contributed by atoms with van der Waals surface area (Å²) in [7, 11) is 0. The van der Waals surface area contributed by atoms with Gasteiger partial charge in [-0.3, -0.25) is 4.79 Å². The Morgan fingerprint density at radius 1 is 0.946 bits per heavy atom. The molecule has 0 bridgehead atoms. The Hall–Kier alpha value is -0.790. The number of fused-ring (bicyclic) bond motifs is 5. The van der Waals surface area contributed by atoms with Crippen LogP contribution < -0.4 is 0 Å². The van der Waals surface area contributed by atoms with Crippen molar-refractivity contribution >= 4 is 5.97 Å². The minimum absolute atomic E-state index is 0.0859. The van der Waals surface area contributed by atoms with Gasteiger partial charge in [0.25, 0.3) is 0 Å². The van der Waals surface area contributed by atoms with Crippen LogP contribution in [0.3, 0.4) is 0 Å². The molecule has 2 nitrogen and oxygen atoms in total. The van der Waals surface area contributed by atoms with Crippen molar-refractivity contribution in [2.24, 2.45) is 52.3 Å². The van der Waals surface area contributed by atoms with Crippen LogP contribution in [0.2, 0.25) is 0 Å². The Labute approximate surface area is 229 Å². The van der Waals surface area contributed by atoms with Crippen molar-refractivity contribution in [3.8, 4) is 0 Å². The fourth-order valence-corrected chi connectivity index (χ4v) is 10.6. The van der Waals surface area contributed by atoms with Gasteiger partial charge < -0.3 is 4.74 Å². The molecule has 5 aliphatic rings. The van der Waals surface area contributed by atoms with Crippen molar-refractivity contribution in [1.29, 1.82) is 0 Å². The van der Waals surface area contributed by atoms with Gasteiger partial charge in [-0.2, -0.15) is 0 Å². The molecule has 37 heavy (non-hydrogen) atoms. The van der Waals surface area contributed by atoms with E-state index >= 15 is 0 Å². The van der Waals surface area contributed by atoms with E-state index in [0.29, 0.717) is 23.2 Å². The second-order valence-electron chi connectivity index (χ2n) is 15.4. The summed E-state index contributed by atoms with van der Waals surface area (Å²) in [4.78, 5) is 12.8. The van der Waals surface area contributed by atoms with E-state index in [2.05, 4.69) is 40.7 Å². The minimum atomic E-state index is 0.0859. The highest BCUT2D eigenvalue weighted by Crippen LogP contribution is 2.67. The number of ether oxygens (including phenoxy) is 1. The Morgan fingerprint density at radius 3 is 2.49 bits per heavy atom. The molecule has 4 fully saturated rings. The third-order valence-electron chi connectivity index (χ3n) is 12.7. The molecular weight excluding hydrogens is 452 g/mol. The number of esters is 1. The Kier molecular flexibility index (Phi) is 8.53. The number of carbonyl (C=O) groups is 1. The van der Waals surface area contributed by atoms with Crippen LogP contribution in [0, 0.1) is 52.3 Å². The van der Waals surface area contributed by atoms with Crippen molar-refractivity contribution in [2.75, 3.05) is 0 Å². The molecular formula is C35H58O2. The second kappa shape index (κ2) is 11.4. The average molecular weight is 511 g/mol. The van der Waals surface area contributed by atoms with Crippen LogP contribution >= 0.6 is 0 Å². The fraction of sp³-hybridized carbons (Fsp3) is 0.914. The van der Waals surface area contributed by atoms with Gasteiger partial charge >= 0.3 is 5.97 Å². The standard InChI is InChI=1S/C35H58O2/c1-24(2)10-9-11-25(3)30-16-17-31-29-15-14-27-23-28(37-33(36)22-26-12-7-6-8-13-26)18-20-34(27,4)32(29)19-21-35(30,31)5/h14,24-26,28-32H,6-13,15-23H2,1-5H3. The molecule has 0 N–H and O–H groups in total. The zero-order chi connectivity index (χ0) is 26.2. The van der Waals surface area contributed by atoms with Crippen molar-refractivity contribution in [3.05, 3.63) is 11.6 Å². The van der Waals surface area contributed by atoms with Crippen LogP contribution in [0.25, 0.3) is 0 Å². The summed E-state index contributed by atoms with van der Waals surface area (Å²) in [5, 5.41) is 0. The lowest BCUT2D eigenvalue weighted by molar-refractivity contribution is -0.153. The SMILES string of the molecule is CC(C)CCCC(C)C1CCC2C3CC=C4CC(OC(=O)CC5CCCCC5)CCC4(C)C3CCC12C. The van der Waals surface area contributed by atoms with Crippen molar-refractivity contribution < 1.29 is 9.53 Å². The molecule has 0 spiro atoms. The van der Waals surface area contributed by atoms with Crippen LogP contribution in [0.1, 0.15) is 144 Å². The molecule has 0 aromatic carbocycles. The molecule has 2 heteroatoms. The van der Waals surface area contributed by atoms with E-state index in [1.807, 2.05) is 0 Å². The van der Waals surface area contributed by atoms with E-state index in [0.717, 1.165) is 48.3 Å². The Bertz CT molecular complexity index is 821. The van der Waals surface area contributed by atoms with Gasteiger partial charge in [0.05, 0.1) is 0 Å². The molecule has 0 amide bonds. The molecule has 0 saturated heterocycles. The Balaban J connectivity index is 1.20. The first-order chi connectivity index (χ1) is 17.7. The predicted molar refractivity (Wildman–Crippen MR) is 154 cm³/mol. The monoisotopic (exact) mass is 510 g/mol. The van der Waals surface area contributed by atoms with Gasteiger partial charge in [-0.1, -0.05) is 84.8 Å². The van der Waals surface area contributed by atoms with E-state index in [1.54, 1.807) is 5.57 Å². The maximum absolute atomic E-state index is 12.8. The highest BCUT2D eigenvalue weighted by atomic mass is 16.5. The summed E-state index contributed by atoms with van der Waals surface area (Å²) in [6, 6.07) is 0. The van der Waals surface area contributed by atoms with E-state index in [9.17, 15) is 4.79 Å². The summed E-state index contributed by atoms with van der Waals surface area (Å²) in [5.74, 6) is 5.97. The van der Waals surface area contributed by atoms with E-state index in [4.69, 9.17) is 4.74 Å². The van der Waals surface area contributed by atoms with Gasteiger partial charge in [-0.25, -0.2) is 0 Å². The molecule has 0 aromatic rings. The highest BCUT2D eigenvalue weighted by Gasteiger charge is 2.59. The topological polar surface area (TPSA) is 26.3 Å². The third-order valence-corrected chi connectivity index (χ3v) is 12.7. The fourth-order valence-electron chi connectivity index (χ4n) is 10.6. The molecule has 0 heterocycles. The highest BCUT2D eigenvalue weighted by molar-refractivity contribution is 5.70. The van der Waals surface area contributed by atoms with Crippen LogP contribution in [0.5, 0.6) is 0 Å². The summed E-state index contributed by atoms with van der Waals surface area (Å²) in [6.45, 7) is 12.6. The summed E-state index contributed by atoms with van der Waals surface area (Å²) >= 11 is 0. The number of hydrogen-bond acceptors (Lipinski definition) is 2. The lowest BCUT2D eigenvalue weighted by Crippen LogP contribution is -2.51. The quantitative estimate of drug-likeness (QED) is 0.240. The second-order valence-corrected chi connectivity index (χ2v) is 15.4. The van der Waals surface area contributed by atoms with E-state index in [-0.39, 0.29) is 12.1 Å². The maximum atomic E-state index is 12.8. The molecule has 210 valence electrons. The number of hydrogen-bond donors (Lipinski definition) is 0. The minimum Gasteiger partial charge on any atom is -0.462 e. The molecule has 4 saturated carbocycles. The zero-order valence-corrected chi connectivity index (χ0v) is 25.0. The lowest BCUT2D eigenvalue weighted by Gasteiger charge is -2.58. The van der Waals surface area contributed by atoms with Crippen LogP contribution in [-0.2, 0) is 9.53 Å². The number of rotatable bonds is 8. The average Bonchev–Trinajstić information content (AvgIpc) is 3.22. The van der Waals surface area contributed by atoms with Gasteiger partial charge in [0.2, 0.25) is 0 Å². The van der Waals surface area contributed by atoms with E-state index in [1.165, 1.54) is 89.9 Å². The maximum Gasteiger partial charge on any atom is 0.306 e. The molecule has 0 aromatic heterocycles. The molecule has 0 radical (unpaired) electrons. The predicted octanol–water partition coefficient (Wildman–Crippen LogP) is 9.91. The van der Waals surface area contributed by atoms with Gasteiger partial charge in [0, 0.05) is 12.8 Å². The summed E-state index contributed by atoms with van der Waals surface area (Å²) < 4.78 is 6.12. The first-order valence-corrected chi connectivity index (χ1v) is 16.6. The van der Waals surface area contributed by atoms with E-state index < -0.39 is 0 Å². The molecule has 0 aliphatic heterocycles. The first-order valence-electron chi connectivity index (χ1n) is 16.6. The third kappa shape index (κ3) is 5.61. The molecule has 8 unspecified atom stereocenters. The first kappa shape index (κ1) is 27.8. The smallest absolute Gasteiger partial charge is 0.306 e. The lowest BCUT2D eigenvalue weighted by atomic mass is 9.47. The van der Waals surface area contributed by atoms with Crippen molar-refractivity contribution in [2.45, 2.75) is 150 Å². The summed E-state index contributed by atoms with van der Waals surface area (Å²) in [5.41, 5.74) is 2.55. The van der Waals surface area contributed by atoms with Crippen LogP contribution in [0.4, 0.5) is 0 Å². The normalized spacial score (nSPS) is 40.9. The number of carbonyl (C=O) groups excluding carboxylic acids is 1. The van der Waals surface area contributed by atoms with Gasteiger partial charge in [-0.15, -0.1) is 0 Å². The van der Waals surface area contributed by atoms with Crippen molar-refractivity contribution in [1.82, 2.24) is 0 Å². The van der Waals surface area contributed by atoms with Crippen LogP contribution in [0.15, 0.2) is 11.6 Å². The number of allylic oxidation sites excluding steroid dienone is 1.